The normalized spacial score (nSPS) is 19.4. The van der Waals surface area contributed by atoms with Gasteiger partial charge in [-0.2, -0.15) is 0 Å². The van der Waals surface area contributed by atoms with Crippen LogP contribution in [-0.2, 0) is 5.41 Å². The third-order valence-electron chi connectivity index (χ3n) is 11.8. The van der Waals surface area contributed by atoms with Gasteiger partial charge in [0.05, 0.1) is 21.0 Å². The fraction of sp³-hybridized carbons (Fsp3) is 0.0784. The second-order valence-electron chi connectivity index (χ2n) is 14.6. The maximum Gasteiger partial charge on any atom is 0.145 e. The third kappa shape index (κ3) is 4.61. The lowest BCUT2D eigenvalue weighted by molar-refractivity contribution is 0.450. The Labute approximate surface area is 318 Å². The van der Waals surface area contributed by atoms with Gasteiger partial charge in [-0.25, -0.2) is 0 Å². The Morgan fingerprint density at radius 2 is 1.19 bits per heavy atom. The molecule has 1 aliphatic heterocycles. The number of thiophene rings is 1. The van der Waals surface area contributed by atoms with Gasteiger partial charge < -0.3 is 5.32 Å². The van der Waals surface area contributed by atoms with Gasteiger partial charge in [0.15, 0.2) is 0 Å². The Balaban J connectivity index is 1.19. The summed E-state index contributed by atoms with van der Waals surface area (Å²) in [6, 6.07) is 64.4. The molecule has 1 N–H and O–H groups in total. The maximum atomic E-state index is 5.56. The molecule has 0 saturated heterocycles. The molecule has 2 nitrogen and oxygen atoms in total. The van der Waals surface area contributed by atoms with E-state index in [4.69, 9.17) is 4.99 Å². The highest BCUT2D eigenvalue weighted by Gasteiger charge is 2.54. The van der Waals surface area contributed by atoms with Gasteiger partial charge in [-0.05, 0) is 67.4 Å². The predicted octanol–water partition coefficient (Wildman–Crippen LogP) is 10.7. The highest BCUT2D eigenvalue weighted by molar-refractivity contribution is 7.17. The molecule has 3 aliphatic rings. The number of hydrogen-bond donors (Lipinski definition) is 1. The molecule has 3 heteroatoms. The van der Waals surface area contributed by atoms with Gasteiger partial charge in [0, 0.05) is 21.9 Å². The van der Waals surface area contributed by atoms with Crippen LogP contribution >= 0.6 is 11.3 Å². The summed E-state index contributed by atoms with van der Waals surface area (Å²) in [6.07, 6.45) is 7.19. The van der Waals surface area contributed by atoms with Crippen molar-refractivity contribution in [2.75, 3.05) is 0 Å². The molecular weight excluding hydrogens is 673 g/mol. The lowest BCUT2D eigenvalue weighted by atomic mass is 9.62. The summed E-state index contributed by atoms with van der Waals surface area (Å²) in [5.41, 5.74) is 11.1. The van der Waals surface area contributed by atoms with E-state index >= 15 is 0 Å². The van der Waals surface area contributed by atoms with Crippen molar-refractivity contribution in [3.05, 3.63) is 237 Å². The zero-order valence-corrected chi connectivity index (χ0v) is 30.4. The minimum Gasteiger partial charge on any atom is -0.358 e. The molecule has 2 heterocycles. The van der Waals surface area contributed by atoms with Crippen molar-refractivity contribution in [3.8, 4) is 11.1 Å². The summed E-state index contributed by atoms with van der Waals surface area (Å²) in [7, 11) is 0. The minimum absolute atomic E-state index is 0.0920. The van der Waals surface area contributed by atoms with Gasteiger partial charge in [-0.15, -0.1) is 11.3 Å². The number of nitrogens with zero attached hydrogens (tertiary/aromatic N) is 1. The monoisotopic (exact) mass is 708 g/mol. The van der Waals surface area contributed by atoms with Crippen molar-refractivity contribution < 1.29 is 0 Å². The Kier molecular flexibility index (Phi) is 7.18. The number of hydrogen-bond acceptors (Lipinski definition) is 3. The van der Waals surface area contributed by atoms with Gasteiger partial charge in [-0.3, -0.25) is 4.99 Å². The number of benzene rings is 7. The summed E-state index contributed by atoms with van der Waals surface area (Å²) in [4.78, 5) is 5.56. The minimum atomic E-state index is -0.451. The molecular formula is C51H36N2S. The third-order valence-corrected chi connectivity index (χ3v) is 13.0. The number of allylic oxidation sites excluding steroid dienone is 2. The van der Waals surface area contributed by atoms with E-state index in [1.54, 1.807) is 0 Å². The molecule has 3 atom stereocenters. The molecule has 0 saturated carbocycles. The molecule has 54 heavy (non-hydrogen) atoms. The molecule has 11 rings (SSSR count). The fourth-order valence-corrected chi connectivity index (χ4v) is 10.8. The largest absolute Gasteiger partial charge is 0.358 e. The molecule has 3 unspecified atom stereocenters. The Hall–Kier alpha value is -6.29. The van der Waals surface area contributed by atoms with Crippen LogP contribution in [0.1, 0.15) is 33.7 Å². The SMILES string of the molecule is C1=CC2c3c(cc4ccccc4c3-c3ccccc3)C(c3ccccc3)(c3ccccc3)C2C=C1C1N=c2c(sc3ccccc23)=C(c2ccccc2)N1. The van der Waals surface area contributed by atoms with Crippen LogP contribution in [0.5, 0.6) is 0 Å². The van der Waals surface area contributed by atoms with Crippen LogP contribution in [0.3, 0.4) is 0 Å². The average molecular weight is 709 g/mol. The smallest absolute Gasteiger partial charge is 0.145 e. The van der Waals surface area contributed by atoms with Crippen molar-refractivity contribution in [3.63, 3.8) is 0 Å². The van der Waals surface area contributed by atoms with Crippen LogP contribution in [-0.4, -0.2) is 6.17 Å². The fourth-order valence-electron chi connectivity index (χ4n) is 9.62. The van der Waals surface area contributed by atoms with E-state index < -0.39 is 5.41 Å². The molecule has 1 aromatic heterocycles. The molecule has 0 spiro atoms. The van der Waals surface area contributed by atoms with E-state index in [1.165, 1.54) is 69.9 Å². The standard InChI is InChI=1S/C51H36N2S/c1-5-17-33(18-6-1)45-39-26-14-13-21-35(39)31-43-46(45)40-30-29-36(32-42(40)51(43,37-22-9-3-10-23-37)38-24-11-4-12-25-38)50-52-47(34-19-7-2-8-20-34)49-48(53-50)41-27-15-16-28-44(41)54-49/h1-32,40,42,50,52H. The van der Waals surface area contributed by atoms with Crippen molar-refractivity contribution in [2.45, 2.75) is 17.5 Å². The van der Waals surface area contributed by atoms with Crippen LogP contribution in [0.15, 0.2) is 205 Å². The first-order chi connectivity index (χ1) is 26.8. The van der Waals surface area contributed by atoms with Crippen molar-refractivity contribution in [1.82, 2.24) is 5.32 Å². The summed E-state index contributed by atoms with van der Waals surface area (Å²) >= 11 is 1.82. The van der Waals surface area contributed by atoms with Crippen molar-refractivity contribution in [2.24, 2.45) is 10.9 Å². The van der Waals surface area contributed by atoms with Crippen LogP contribution in [0, 0.1) is 5.92 Å². The first-order valence-corrected chi connectivity index (χ1v) is 19.6. The lowest BCUT2D eigenvalue weighted by Crippen LogP contribution is -2.43. The summed E-state index contributed by atoms with van der Waals surface area (Å²) < 4.78 is 2.46. The quantitative estimate of drug-likeness (QED) is 0.189. The van der Waals surface area contributed by atoms with Gasteiger partial charge in [0.1, 0.15) is 6.17 Å². The second-order valence-corrected chi connectivity index (χ2v) is 15.7. The van der Waals surface area contributed by atoms with Gasteiger partial charge in [-0.1, -0.05) is 182 Å². The molecule has 256 valence electrons. The summed E-state index contributed by atoms with van der Waals surface area (Å²) in [5.74, 6) is 0.233. The average Bonchev–Trinajstić information content (AvgIpc) is 3.77. The van der Waals surface area contributed by atoms with Crippen molar-refractivity contribution in [1.29, 1.82) is 0 Å². The topological polar surface area (TPSA) is 24.4 Å². The molecule has 2 aliphatic carbocycles. The zero-order chi connectivity index (χ0) is 35.6. The highest BCUT2D eigenvalue weighted by Crippen LogP contribution is 2.62. The van der Waals surface area contributed by atoms with Gasteiger partial charge in [0.25, 0.3) is 0 Å². The van der Waals surface area contributed by atoms with Crippen LogP contribution in [0.25, 0.3) is 37.7 Å². The van der Waals surface area contributed by atoms with E-state index in [0.29, 0.717) is 0 Å². The van der Waals surface area contributed by atoms with Gasteiger partial charge in [0.2, 0.25) is 0 Å². The van der Waals surface area contributed by atoms with E-state index in [0.717, 1.165) is 11.1 Å². The lowest BCUT2D eigenvalue weighted by Gasteiger charge is -2.40. The molecule has 8 aromatic rings. The number of rotatable bonds is 5. The summed E-state index contributed by atoms with van der Waals surface area (Å²) in [6.45, 7) is 0. The Bertz CT molecular complexity index is 2870. The zero-order valence-electron chi connectivity index (χ0n) is 29.6. The first kappa shape index (κ1) is 31.3. The van der Waals surface area contributed by atoms with Crippen molar-refractivity contribution >= 4 is 37.9 Å². The molecule has 0 radical (unpaired) electrons. The highest BCUT2D eigenvalue weighted by atomic mass is 32.1. The predicted molar refractivity (Wildman–Crippen MR) is 224 cm³/mol. The molecule has 0 amide bonds. The Morgan fingerprint density at radius 1 is 0.593 bits per heavy atom. The van der Waals surface area contributed by atoms with Crippen LogP contribution in [0.2, 0.25) is 0 Å². The van der Waals surface area contributed by atoms with Crippen LogP contribution < -0.4 is 15.2 Å². The number of fused-ring (bicyclic) bond motifs is 7. The summed E-state index contributed by atoms with van der Waals surface area (Å²) in [5, 5.41) is 8.83. The molecule has 7 aromatic carbocycles. The van der Waals surface area contributed by atoms with E-state index in [2.05, 4.69) is 199 Å². The second kappa shape index (κ2) is 12.4. The molecule has 0 bridgehead atoms. The van der Waals surface area contributed by atoms with E-state index in [-0.39, 0.29) is 18.0 Å². The number of nitrogens with one attached hydrogen (secondary N) is 1. The molecule has 0 fully saturated rings. The van der Waals surface area contributed by atoms with E-state index in [1.807, 2.05) is 11.3 Å². The van der Waals surface area contributed by atoms with Gasteiger partial charge >= 0.3 is 0 Å². The van der Waals surface area contributed by atoms with Crippen LogP contribution in [0.4, 0.5) is 0 Å². The first-order valence-electron chi connectivity index (χ1n) is 18.8. The Morgan fingerprint density at radius 3 is 1.89 bits per heavy atom. The maximum absolute atomic E-state index is 5.56. The van der Waals surface area contributed by atoms with E-state index in [9.17, 15) is 0 Å².